The number of benzene rings is 9. The summed E-state index contributed by atoms with van der Waals surface area (Å²) < 4.78 is 5.01. The zero-order chi connectivity index (χ0) is 34.9. The van der Waals surface area contributed by atoms with E-state index in [9.17, 15) is 0 Å². The molecule has 11 aromatic rings. The summed E-state index contributed by atoms with van der Waals surface area (Å²) in [4.78, 5) is 2.45. The molecule has 0 aliphatic rings. The Hall–Kier alpha value is -6.68. The Morgan fingerprint density at radius 2 is 0.981 bits per heavy atom. The summed E-state index contributed by atoms with van der Waals surface area (Å²) in [5.74, 6) is 0. The predicted octanol–water partition coefficient (Wildman–Crippen LogP) is 14.6. The van der Waals surface area contributed by atoms with Gasteiger partial charge in [0.1, 0.15) is 0 Å². The summed E-state index contributed by atoms with van der Waals surface area (Å²) in [5.41, 5.74) is 9.31. The van der Waals surface area contributed by atoms with E-state index in [1.807, 2.05) is 11.3 Å². The topological polar surface area (TPSA) is 8.17 Å². The van der Waals surface area contributed by atoms with E-state index < -0.39 is 0 Å². The summed E-state index contributed by atoms with van der Waals surface area (Å²) in [6, 6.07) is 71.1. The van der Waals surface area contributed by atoms with E-state index in [0.29, 0.717) is 0 Å². The third kappa shape index (κ3) is 4.86. The Balaban J connectivity index is 1.21. The third-order valence-electron chi connectivity index (χ3n) is 10.7. The molecule has 0 bridgehead atoms. The van der Waals surface area contributed by atoms with Crippen LogP contribution in [0, 0.1) is 0 Å². The fraction of sp³-hybridized carbons (Fsp3) is 0. The van der Waals surface area contributed by atoms with Crippen LogP contribution in [0.5, 0.6) is 0 Å². The number of aromatic nitrogens is 1. The van der Waals surface area contributed by atoms with Gasteiger partial charge in [-0.25, -0.2) is 0 Å². The lowest BCUT2D eigenvalue weighted by atomic mass is 9.96. The van der Waals surface area contributed by atoms with Crippen LogP contribution in [0.25, 0.3) is 80.3 Å². The smallest absolute Gasteiger partial charge is 0.0561 e. The maximum absolute atomic E-state index is 2.45. The zero-order valence-corrected chi connectivity index (χ0v) is 29.6. The van der Waals surface area contributed by atoms with Crippen molar-refractivity contribution in [2.75, 3.05) is 4.90 Å². The molecule has 0 aliphatic heterocycles. The maximum atomic E-state index is 2.45. The lowest BCUT2D eigenvalue weighted by Crippen LogP contribution is -2.10. The molecule has 9 aromatic carbocycles. The van der Waals surface area contributed by atoms with Gasteiger partial charge in [-0.1, -0.05) is 121 Å². The first-order valence-electron chi connectivity index (χ1n) is 18.1. The van der Waals surface area contributed by atoms with Crippen molar-refractivity contribution in [1.29, 1.82) is 0 Å². The van der Waals surface area contributed by atoms with Gasteiger partial charge in [0.05, 0.1) is 11.0 Å². The molecule has 11 rings (SSSR count). The molecule has 0 radical (unpaired) electrons. The van der Waals surface area contributed by atoms with Crippen LogP contribution in [0.15, 0.2) is 194 Å². The average molecular weight is 693 g/mol. The molecule has 0 fully saturated rings. The molecular weight excluding hydrogens is 661 g/mol. The van der Waals surface area contributed by atoms with Crippen LogP contribution < -0.4 is 4.90 Å². The second-order valence-corrected chi connectivity index (χ2v) is 14.9. The van der Waals surface area contributed by atoms with Gasteiger partial charge in [-0.3, -0.25) is 0 Å². The fourth-order valence-electron chi connectivity index (χ4n) is 8.27. The van der Waals surface area contributed by atoms with Gasteiger partial charge in [-0.2, -0.15) is 0 Å². The monoisotopic (exact) mass is 692 g/mol. The lowest BCUT2D eigenvalue weighted by molar-refractivity contribution is 1.18. The minimum atomic E-state index is 1.11. The van der Waals surface area contributed by atoms with Crippen LogP contribution in [-0.2, 0) is 0 Å². The molecule has 53 heavy (non-hydrogen) atoms. The van der Waals surface area contributed by atoms with Crippen molar-refractivity contribution in [3.8, 4) is 16.8 Å². The summed E-state index contributed by atoms with van der Waals surface area (Å²) in [5, 5.41) is 10.1. The first kappa shape index (κ1) is 30.0. The van der Waals surface area contributed by atoms with Crippen LogP contribution in [0.4, 0.5) is 17.1 Å². The predicted molar refractivity (Wildman–Crippen MR) is 229 cm³/mol. The Bertz CT molecular complexity index is 3170. The number of rotatable bonds is 5. The van der Waals surface area contributed by atoms with E-state index in [1.165, 1.54) is 74.6 Å². The van der Waals surface area contributed by atoms with E-state index in [4.69, 9.17) is 0 Å². The van der Waals surface area contributed by atoms with Crippen LogP contribution in [0.1, 0.15) is 0 Å². The van der Waals surface area contributed by atoms with Gasteiger partial charge >= 0.3 is 0 Å². The molecule has 0 atom stereocenters. The SMILES string of the molecule is c1ccc(-c2cc(N(c3ccc4sc5cc6ccccc6cc5c4c3)c3ccc4c5ccccc5n(-c5ccccc5)c4c3)cc3ccccc23)cc1. The number of fused-ring (bicyclic) bond motifs is 8. The molecule has 0 N–H and O–H groups in total. The summed E-state index contributed by atoms with van der Waals surface area (Å²) in [6.07, 6.45) is 0. The van der Waals surface area contributed by atoms with Gasteiger partial charge in [0, 0.05) is 53.7 Å². The highest BCUT2D eigenvalue weighted by molar-refractivity contribution is 7.25. The summed E-state index contributed by atoms with van der Waals surface area (Å²) in [7, 11) is 0. The molecule has 2 heterocycles. The van der Waals surface area contributed by atoms with E-state index in [2.05, 4.69) is 204 Å². The molecule has 0 aliphatic carbocycles. The van der Waals surface area contributed by atoms with Crippen LogP contribution in [0.3, 0.4) is 0 Å². The largest absolute Gasteiger partial charge is 0.310 e. The summed E-state index contributed by atoms with van der Waals surface area (Å²) >= 11 is 1.87. The van der Waals surface area contributed by atoms with Crippen molar-refractivity contribution in [3.05, 3.63) is 194 Å². The quantitative estimate of drug-likeness (QED) is 0.174. The Morgan fingerprint density at radius 1 is 0.358 bits per heavy atom. The van der Waals surface area contributed by atoms with Crippen molar-refractivity contribution in [2.45, 2.75) is 0 Å². The van der Waals surface area contributed by atoms with Gasteiger partial charge in [-0.05, 0) is 105 Å². The number of nitrogens with zero attached hydrogens (tertiary/aromatic N) is 2. The molecule has 0 unspecified atom stereocenters. The van der Waals surface area contributed by atoms with Crippen molar-refractivity contribution < 1.29 is 0 Å². The first-order valence-corrected chi connectivity index (χ1v) is 18.9. The number of hydrogen-bond donors (Lipinski definition) is 0. The molecule has 0 saturated heterocycles. The molecule has 2 aromatic heterocycles. The molecule has 2 nitrogen and oxygen atoms in total. The second-order valence-electron chi connectivity index (χ2n) is 13.8. The average Bonchev–Trinajstić information content (AvgIpc) is 3.74. The number of anilines is 3. The molecule has 0 saturated carbocycles. The molecule has 248 valence electrons. The van der Waals surface area contributed by atoms with Gasteiger partial charge in [0.15, 0.2) is 0 Å². The molecular formula is C50H32N2S. The van der Waals surface area contributed by atoms with Gasteiger partial charge < -0.3 is 9.47 Å². The zero-order valence-electron chi connectivity index (χ0n) is 28.8. The fourth-order valence-corrected chi connectivity index (χ4v) is 9.39. The molecule has 0 spiro atoms. The molecule has 3 heteroatoms. The lowest BCUT2D eigenvalue weighted by Gasteiger charge is -2.27. The van der Waals surface area contributed by atoms with E-state index in [0.717, 1.165) is 22.7 Å². The van der Waals surface area contributed by atoms with Gasteiger partial charge in [-0.15, -0.1) is 11.3 Å². The Morgan fingerprint density at radius 3 is 1.81 bits per heavy atom. The van der Waals surface area contributed by atoms with E-state index >= 15 is 0 Å². The maximum Gasteiger partial charge on any atom is 0.0561 e. The molecule has 0 amide bonds. The normalized spacial score (nSPS) is 11.8. The van der Waals surface area contributed by atoms with Crippen LogP contribution >= 0.6 is 11.3 Å². The van der Waals surface area contributed by atoms with Crippen molar-refractivity contribution in [3.63, 3.8) is 0 Å². The van der Waals surface area contributed by atoms with Gasteiger partial charge in [0.2, 0.25) is 0 Å². The Kier molecular flexibility index (Phi) is 6.76. The van der Waals surface area contributed by atoms with E-state index in [1.54, 1.807) is 0 Å². The number of para-hydroxylation sites is 2. The second kappa shape index (κ2) is 11.9. The van der Waals surface area contributed by atoms with Crippen molar-refractivity contribution in [1.82, 2.24) is 4.57 Å². The highest BCUT2D eigenvalue weighted by Gasteiger charge is 2.20. The standard InChI is InChI=1S/C50H32N2S/c1-3-13-33(14-4-1)44-31-40(27-36-17-9-10-20-41(36)44)51(38-24-26-49-46(30-38)45-28-34-15-7-8-16-35(34)29-50(45)53-49)39-23-25-43-42-21-11-12-22-47(42)52(48(43)32-39)37-18-5-2-6-19-37/h1-32H. The minimum Gasteiger partial charge on any atom is -0.310 e. The van der Waals surface area contributed by atoms with Crippen LogP contribution in [0.2, 0.25) is 0 Å². The third-order valence-corrected chi connectivity index (χ3v) is 11.8. The Labute approximate surface area is 311 Å². The minimum absolute atomic E-state index is 1.11. The first-order chi connectivity index (χ1) is 26.3. The number of thiophene rings is 1. The van der Waals surface area contributed by atoms with E-state index in [-0.39, 0.29) is 0 Å². The highest BCUT2D eigenvalue weighted by Crippen LogP contribution is 2.45. The van der Waals surface area contributed by atoms with Crippen molar-refractivity contribution >= 4 is 91.9 Å². The van der Waals surface area contributed by atoms with Crippen molar-refractivity contribution in [2.24, 2.45) is 0 Å². The summed E-state index contributed by atoms with van der Waals surface area (Å²) in [6.45, 7) is 0. The van der Waals surface area contributed by atoms with Crippen LogP contribution in [-0.4, -0.2) is 4.57 Å². The van der Waals surface area contributed by atoms with Gasteiger partial charge in [0.25, 0.3) is 0 Å². The number of hydrogen-bond acceptors (Lipinski definition) is 2. The highest BCUT2D eigenvalue weighted by atomic mass is 32.1.